The first-order valence-corrected chi connectivity index (χ1v) is 6.50. The van der Waals surface area contributed by atoms with Gasteiger partial charge >= 0.3 is 0 Å². The molecule has 18 heavy (non-hydrogen) atoms. The minimum absolute atomic E-state index is 0.0975. The van der Waals surface area contributed by atoms with Crippen LogP contribution in [0.5, 0.6) is 5.88 Å². The van der Waals surface area contributed by atoms with Gasteiger partial charge in [-0.2, -0.15) is 5.26 Å². The zero-order chi connectivity index (χ0) is 13.5. The van der Waals surface area contributed by atoms with Crippen molar-refractivity contribution in [3.8, 4) is 11.9 Å². The number of aromatic nitrogens is 1. The highest BCUT2D eigenvalue weighted by Crippen LogP contribution is 2.40. The van der Waals surface area contributed by atoms with E-state index in [0.29, 0.717) is 5.56 Å². The number of aromatic hydroxyl groups is 1. The van der Waals surface area contributed by atoms with Crippen molar-refractivity contribution < 1.29 is 5.11 Å². The molecule has 1 aliphatic carbocycles. The van der Waals surface area contributed by atoms with E-state index < -0.39 is 0 Å². The summed E-state index contributed by atoms with van der Waals surface area (Å²) in [5.41, 5.74) is 3.80. The van der Waals surface area contributed by atoms with Gasteiger partial charge in [0.2, 0.25) is 5.88 Å². The Labute approximate surface area is 108 Å². The summed E-state index contributed by atoms with van der Waals surface area (Å²) in [5, 5.41) is 19.1. The van der Waals surface area contributed by atoms with Crippen LogP contribution < -0.4 is 0 Å². The predicted molar refractivity (Wildman–Crippen MR) is 70.5 cm³/mol. The number of pyridine rings is 1. The number of nitriles is 1. The summed E-state index contributed by atoms with van der Waals surface area (Å²) in [6, 6.07) is 2.10. The van der Waals surface area contributed by atoms with Crippen molar-refractivity contribution in [2.75, 3.05) is 0 Å². The lowest BCUT2D eigenvalue weighted by Gasteiger charge is -2.33. The SMILES string of the molecule is CC(C)c1nc(O)c(C#N)c2c1CC(C)(C)CC2. The number of hydrogen-bond acceptors (Lipinski definition) is 3. The molecule has 3 nitrogen and oxygen atoms in total. The maximum absolute atomic E-state index is 9.89. The van der Waals surface area contributed by atoms with E-state index in [1.54, 1.807) is 0 Å². The van der Waals surface area contributed by atoms with Gasteiger partial charge in [0.15, 0.2) is 0 Å². The van der Waals surface area contributed by atoms with Gasteiger partial charge in [0, 0.05) is 0 Å². The zero-order valence-electron chi connectivity index (χ0n) is 11.5. The third-order valence-electron chi connectivity index (χ3n) is 3.79. The van der Waals surface area contributed by atoms with Crippen LogP contribution in [0.25, 0.3) is 0 Å². The molecule has 0 amide bonds. The zero-order valence-corrected chi connectivity index (χ0v) is 11.5. The summed E-state index contributed by atoms with van der Waals surface area (Å²) in [4.78, 5) is 4.26. The molecule has 0 unspecified atom stereocenters. The van der Waals surface area contributed by atoms with Crippen LogP contribution in [0.2, 0.25) is 0 Å². The van der Waals surface area contributed by atoms with E-state index in [1.807, 2.05) is 0 Å². The van der Waals surface area contributed by atoms with Crippen molar-refractivity contribution in [1.82, 2.24) is 4.98 Å². The second-order valence-corrected chi connectivity index (χ2v) is 6.26. The monoisotopic (exact) mass is 244 g/mol. The molecule has 0 spiro atoms. The van der Waals surface area contributed by atoms with Crippen LogP contribution in [0.15, 0.2) is 0 Å². The quantitative estimate of drug-likeness (QED) is 0.824. The summed E-state index contributed by atoms with van der Waals surface area (Å²) < 4.78 is 0. The molecule has 0 saturated heterocycles. The molecule has 0 atom stereocenters. The van der Waals surface area contributed by atoms with Crippen LogP contribution in [0.4, 0.5) is 0 Å². The average molecular weight is 244 g/mol. The first-order chi connectivity index (χ1) is 8.35. The molecular weight excluding hydrogens is 224 g/mol. The second-order valence-electron chi connectivity index (χ2n) is 6.26. The summed E-state index contributed by atoms with van der Waals surface area (Å²) in [7, 11) is 0. The number of nitrogens with zero attached hydrogens (tertiary/aromatic N) is 2. The van der Waals surface area contributed by atoms with Gasteiger partial charge in [-0.1, -0.05) is 27.7 Å². The minimum Gasteiger partial charge on any atom is -0.492 e. The van der Waals surface area contributed by atoms with Crippen LogP contribution in [0, 0.1) is 16.7 Å². The van der Waals surface area contributed by atoms with Gasteiger partial charge in [-0.25, -0.2) is 4.98 Å². The normalized spacial score (nSPS) is 17.3. The first-order valence-electron chi connectivity index (χ1n) is 6.50. The lowest BCUT2D eigenvalue weighted by atomic mass is 9.72. The molecule has 1 aromatic rings. The van der Waals surface area contributed by atoms with Crippen molar-refractivity contribution in [2.24, 2.45) is 5.41 Å². The van der Waals surface area contributed by atoms with E-state index in [-0.39, 0.29) is 17.2 Å². The Balaban J connectivity index is 2.68. The maximum atomic E-state index is 9.89. The predicted octanol–water partition coefficient (Wildman–Crippen LogP) is 3.30. The van der Waals surface area contributed by atoms with Crippen LogP contribution >= 0.6 is 0 Å². The van der Waals surface area contributed by atoms with Gasteiger partial charge in [0.1, 0.15) is 11.6 Å². The smallest absolute Gasteiger partial charge is 0.229 e. The lowest BCUT2D eigenvalue weighted by molar-refractivity contribution is 0.310. The Morgan fingerprint density at radius 3 is 2.56 bits per heavy atom. The molecule has 96 valence electrons. The molecule has 0 radical (unpaired) electrons. The molecule has 1 N–H and O–H groups in total. The first kappa shape index (κ1) is 12.9. The largest absolute Gasteiger partial charge is 0.492 e. The third-order valence-corrected chi connectivity index (χ3v) is 3.79. The van der Waals surface area contributed by atoms with E-state index in [0.717, 1.165) is 30.5 Å². The summed E-state index contributed by atoms with van der Waals surface area (Å²) in [6.07, 6.45) is 2.86. The van der Waals surface area contributed by atoms with E-state index >= 15 is 0 Å². The standard InChI is InChI=1S/C15H20N2O/c1-9(2)13-11-7-15(3,4)6-5-10(11)12(8-16)14(18)17-13/h9H,5-7H2,1-4H3,(H,17,18). The minimum atomic E-state index is -0.0975. The molecule has 3 heteroatoms. The Morgan fingerprint density at radius 2 is 2.00 bits per heavy atom. The summed E-state index contributed by atoms with van der Waals surface area (Å²) >= 11 is 0. The highest BCUT2D eigenvalue weighted by molar-refractivity contribution is 5.52. The van der Waals surface area contributed by atoms with Gasteiger partial charge in [-0.3, -0.25) is 0 Å². The van der Waals surface area contributed by atoms with E-state index in [9.17, 15) is 10.4 Å². The van der Waals surface area contributed by atoms with Gasteiger partial charge in [0.05, 0.1) is 5.69 Å². The Kier molecular flexibility index (Phi) is 3.06. The molecule has 0 fully saturated rings. The van der Waals surface area contributed by atoms with Crippen molar-refractivity contribution >= 4 is 0 Å². The number of fused-ring (bicyclic) bond motifs is 1. The lowest BCUT2D eigenvalue weighted by Crippen LogP contribution is -2.25. The van der Waals surface area contributed by atoms with Gasteiger partial charge in [0.25, 0.3) is 0 Å². The molecular formula is C15H20N2O. The van der Waals surface area contributed by atoms with Crippen LogP contribution in [0.1, 0.15) is 62.4 Å². The molecule has 2 rings (SSSR count). The maximum Gasteiger partial charge on any atom is 0.229 e. The van der Waals surface area contributed by atoms with Gasteiger partial charge < -0.3 is 5.11 Å². The van der Waals surface area contributed by atoms with Crippen LogP contribution in [0.3, 0.4) is 0 Å². The summed E-state index contributed by atoms with van der Waals surface area (Å²) in [5.74, 6) is 0.172. The molecule has 0 saturated carbocycles. The fraction of sp³-hybridized carbons (Fsp3) is 0.600. The Morgan fingerprint density at radius 1 is 1.33 bits per heavy atom. The Bertz CT molecular complexity index is 524. The van der Waals surface area contributed by atoms with Crippen molar-refractivity contribution in [3.05, 3.63) is 22.4 Å². The van der Waals surface area contributed by atoms with Gasteiger partial charge in [-0.15, -0.1) is 0 Å². The fourth-order valence-electron chi connectivity index (χ4n) is 2.78. The molecule has 0 aromatic carbocycles. The topological polar surface area (TPSA) is 56.9 Å². The van der Waals surface area contributed by atoms with Crippen molar-refractivity contribution in [1.29, 1.82) is 5.26 Å². The van der Waals surface area contributed by atoms with Crippen LogP contribution in [-0.2, 0) is 12.8 Å². The Hall–Kier alpha value is -1.56. The fourth-order valence-corrected chi connectivity index (χ4v) is 2.78. The molecule has 1 aromatic heterocycles. The second kappa shape index (κ2) is 4.28. The highest BCUT2D eigenvalue weighted by atomic mass is 16.3. The van der Waals surface area contributed by atoms with Gasteiger partial charge in [-0.05, 0) is 41.7 Å². The summed E-state index contributed by atoms with van der Waals surface area (Å²) in [6.45, 7) is 8.66. The van der Waals surface area contributed by atoms with E-state index in [4.69, 9.17) is 0 Å². The molecule has 0 aliphatic heterocycles. The molecule has 1 heterocycles. The van der Waals surface area contributed by atoms with Crippen molar-refractivity contribution in [3.63, 3.8) is 0 Å². The average Bonchev–Trinajstić information content (AvgIpc) is 2.27. The number of rotatable bonds is 1. The molecule has 0 bridgehead atoms. The highest BCUT2D eigenvalue weighted by Gasteiger charge is 2.31. The van der Waals surface area contributed by atoms with Crippen LogP contribution in [-0.4, -0.2) is 10.1 Å². The van der Waals surface area contributed by atoms with Crippen molar-refractivity contribution in [2.45, 2.75) is 52.9 Å². The van der Waals surface area contributed by atoms with E-state index in [2.05, 4.69) is 38.7 Å². The molecule has 1 aliphatic rings. The van der Waals surface area contributed by atoms with E-state index in [1.165, 1.54) is 5.56 Å². The third kappa shape index (κ3) is 2.08. The number of hydrogen-bond donors (Lipinski definition) is 1.